The molecular formula is C15H13FO3S. The normalized spacial score (nSPS) is 17.6. The molecule has 1 aliphatic heterocycles. The molecule has 0 fully saturated rings. The Hall–Kier alpha value is -1.88. The van der Waals surface area contributed by atoms with Gasteiger partial charge >= 0.3 is 0 Å². The summed E-state index contributed by atoms with van der Waals surface area (Å²) in [6, 6.07) is 12.5. The van der Waals surface area contributed by atoms with Gasteiger partial charge in [0.05, 0.1) is 17.3 Å². The summed E-state index contributed by atoms with van der Waals surface area (Å²) in [5, 5.41) is 0. The Morgan fingerprint density at radius 3 is 2.75 bits per heavy atom. The van der Waals surface area contributed by atoms with E-state index in [2.05, 4.69) is 0 Å². The van der Waals surface area contributed by atoms with Crippen molar-refractivity contribution >= 4 is 9.84 Å². The van der Waals surface area contributed by atoms with E-state index >= 15 is 0 Å². The van der Waals surface area contributed by atoms with Crippen LogP contribution >= 0.6 is 0 Å². The lowest BCUT2D eigenvalue weighted by Gasteiger charge is -2.10. The molecule has 0 radical (unpaired) electrons. The fourth-order valence-corrected chi connectivity index (χ4v) is 3.96. The largest absolute Gasteiger partial charge is 0.493 e. The highest BCUT2D eigenvalue weighted by Gasteiger charge is 2.29. The molecule has 0 bridgehead atoms. The van der Waals surface area contributed by atoms with Gasteiger partial charge in [-0.3, -0.25) is 0 Å². The number of rotatable bonds is 3. The zero-order valence-corrected chi connectivity index (χ0v) is 11.4. The van der Waals surface area contributed by atoms with Crippen LogP contribution in [0.5, 0.6) is 5.75 Å². The first-order valence-electron chi connectivity index (χ1n) is 6.26. The molecule has 0 aromatic heterocycles. The van der Waals surface area contributed by atoms with Crippen molar-refractivity contribution in [3.05, 3.63) is 59.9 Å². The molecule has 1 heterocycles. The number of sulfone groups is 1. The van der Waals surface area contributed by atoms with Gasteiger partial charge in [0.2, 0.25) is 0 Å². The highest BCUT2D eigenvalue weighted by Crippen LogP contribution is 2.35. The standard InChI is InChI=1S/C15H13FO3S/c16-12-4-3-5-13(8-12)20(17,18)10-11-9-19-15-7-2-1-6-14(11)15/h1-8,11H,9-10H2. The van der Waals surface area contributed by atoms with Crippen LogP contribution in [0.1, 0.15) is 11.5 Å². The average molecular weight is 292 g/mol. The third-order valence-electron chi connectivity index (χ3n) is 3.37. The van der Waals surface area contributed by atoms with Gasteiger partial charge in [-0.05, 0) is 24.3 Å². The SMILES string of the molecule is O=S(=O)(CC1COc2ccccc21)c1cccc(F)c1. The summed E-state index contributed by atoms with van der Waals surface area (Å²) in [6.07, 6.45) is 0. The Bertz CT molecular complexity index is 740. The summed E-state index contributed by atoms with van der Waals surface area (Å²) in [5.74, 6) is -0.103. The van der Waals surface area contributed by atoms with Gasteiger partial charge in [-0.25, -0.2) is 12.8 Å². The van der Waals surface area contributed by atoms with E-state index in [4.69, 9.17) is 4.74 Å². The number of halogens is 1. The number of benzene rings is 2. The van der Waals surface area contributed by atoms with Gasteiger partial charge in [0.1, 0.15) is 11.6 Å². The van der Waals surface area contributed by atoms with E-state index in [1.807, 2.05) is 24.3 Å². The van der Waals surface area contributed by atoms with Gasteiger partial charge in [-0.15, -0.1) is 0 Å². The first kappa shape index (κ1) is 13.1. The Morgan fingerprint density at radius 1 is 1.15 bits per heavy atom. The van der Waals surface area contributed by atoms with Crippen LogP contribution in [0.2, 0.25) is 0 Å². The van der Waals surface area contributed by atoms with Crippen molar-refractivity contribution in [2.24, 2.45) is 0 Å². The quantitative estimate of drug-likeness (QED) is 0.873. The number of hydrogen-bond donors (Lipinski definition) is 0. The molecule has 3 rings (SSSR count). The molecule has 1 aliphatic rings. The van der Waals surface area contributed by atoms with Crippen molar-refractivity contribution in [3.63, 3.8) is 0 Å². The summed E-state index contributed by atoms with van der Waals surface area (Å²) in [5.41, 5.74) is 0.896. The van der Waals surface area contributed by atoms with Crippen molar-refractivity contribution in [1.82, 2.24) is 0 Å². The monoisotopic (exact) mass is 292 g/mol. The zero-order valence-electron chi connectivity index (χ0n) is 10.6. The topological polar surface area (TPSA) is 43.4 Å². The van der Waals surface area contributed by atoms with Crippen molar-refractivity contribution in [1.29, 1.82) is 0 Å². The number of para-hydroxylation sites is 1. The first-order valence-corrected chi connectivity index (χ1v) is 7.91. The molecule has 0 amide bonds. The lowest BCUT2D eigenvalue weighted by atomic mass is 10.0. The highest BCUT2D eigenvalue weighted by atomic mass is 32.2. The summed E-state index contributed by atoms with van der Waals surface area (Å²) in [4.78, 5) is 0.0156. The third kappa shape index (κ3) is 2.41. The molecule has 2 aromatic rings. The third-order valence-corrected chi connectivity index (χ3v) is 5.19. The second-order valence-corrected chi connectivity index (χ2v) is 6.82. The van der Waals surface area contributed by atoms with Crippen LogP contribution in [-0.2, 0) is 9.84 Å². The summed E-state index contributed by atoms with van der Waals surface area (Å²) in [6.45, 7) is 0.341. The van der Waals surface area contributed by atoms with Crippen molar-refractivity contribution in [2.75, 3.05) is 12.4 Å². The Labute approximate surface area is 116 Å². The molecule has 0 N–H and O–H groups in total. The number of ether oxygens (including phenoxy) is 1. The smallest absolute Gasteiger partial charge is 0.179 e. The second kappa shape index (κ2) is 4.90. The van der Waals surface area contributed by atoms with E-state index in [0.29, 0.717) is 6.61 Å². The first-order chi connectivity index (χ1) is 9.56. The lowest BCUT2D eigenvalue weighted by Crippen LogP contribution is -2.16. The van der Waals surface area contributed by atoms with Gasteiger partial charge in [0.15, 0.2) is 9.84 Å². The van der Waals surface area contributed by atoms with Crippen molar-refractivity contribution < 1.29 is 17.5 Å². The van der Waals surface area contributed by atoms with E-state index in [0.717, 1.165) is 17.4 Å². The maximum absolute atomic E-state index is 13.2. The van der Waals surface area contributed by atoms with Crippen LogP contribution in [0.15, 0.2) is 53.4 Å². The molecule has 104 valence electrons. The van der Waals surface area contributed by atoms with E-state index in [1.54, 1.807) is 0 Å². The second-order valence-electron chi connectivity index (χ2n) is 4.78. The molecule has 0 saturated carbocycles. The minimum absolute atomic E-state index is 0.0156. The van der Waals surface area contributed by atoms with Crippen molar-refractivity contribution in [3.8, 4) is 5.75 Å². The van der Waals surface area contributed by atoms with Crippen LogP contribution in [0.25, 0.3) is 0 Å². The fraction of sp³-hybridized carbons (Fsp3) is 0.200. The van der Waals surface area contributed by atoms with Gasteiger partial charge in [-0.1, -0.05) is 24.3 Å². The predicted molar refractivity (Wildman–Crippen MR) is 73.1 cm³/mol. The average Bonchev–Trinajstić information content (AvgIpc) is 2.82. The van der Waals surface area contributed by atoms with E-state index < -0.39 is 15.7 Å². The molecule has 0 saturated heterocycles. The number of fused-ring (bicyclic) bond motifs is 1. The maximum Gasteiger partial charge on any atom is 0.179 e. The highest BCUT2D eigenvalue weighted by molar-refractivity contribution is 7.91. The van der Waals surface area contributed by atoms with Crippen LogP contribution in [0.3, 0.4) is 0 Å². The fourth-order valence-electron chi connectivity index (χ4n) is 2.39. The minimum Gasteiger partial charge on any atom is -0.493 e. The zero-order chi connectivity index (χ0) is 14.2. The lowest BCUT2D eigenvalue weighted by molar-refractivity contribution is 0.337. The summed E-state index contributed by atoms with van der Waals surface area (Å²) < 4.78 is 43.3. The van der Waals surface area contributed by atoms with E-state index in [-0.39, 0.29) is 16.6 Å². The maximum atomic E-state index is 13.2. The molecule has 1 atom stereocenters. The molecule has 0 aliphatic carbocycles. The molecule has 0 spiro atoms. The Morgan fingerprint density at radius 2 is 1.95 bits per heavy atom. The van der Waals surface area contributed by atoms with Gasteiger partial charge in [0, 0.05) is 11.5 Å². The Balaban J connectivity index is 1.89. The van der Waals surface area contributed by atoms with Gasteiger partial charge in [0.25, 0.3) is 0 Å². The molecule has 5 heteroatoms. The molecule has 3 nitrogen and oxygen atoms in total. The summed E-state index contributed by atoms with van der Waals surface area (Å²) in [7, 11) is -3.53. The van der Waals surface area contributed by atoms with E-state index in [9.17, 15) is 12.8 Å². The van der Waals surface area contributed by atoms with Crippen LogP contribution in [0, 0.1) is 5.82 Å². The molecular weight excluding hydrogens is 279 g/mol. The molecule has 2 aromatic carbocycles. The van der Waals surface area contributed by atoms with Gasteiger partial charge in [-0.2, -0.15) is 0 Å². The van der Waals surface area contributed by atoms with Gasteiger partial charge < -0.3 is 4.74 Å². The van der Waals surface area contributed by atoms with Crippen LogP contribution in [0.4, 0.5) is 4.39 Å². The molecule has 1 unspecified atom stereocenters. The van der Waals surface area contributed by atoms with Crippen LogP contribution in [-0.4, -0.2) is 20.8 Å². The van der Waals surface area contributed by atoms with E-state index in [1.165, 1.54) is 18.2 Å². The minimum atomic E-state index is -3.53. The number of hydrogen-bond acceptors (Lipinski definition) is 3. The van der Waals surface area contributed by atoms with Crippen molar-refractivity contribution in [2.45, 2.75) is 10.8 Å². The molecule has 20 heavy (non-hydrogen) atoms. The summed E-state index contributed by atoms with van der Waals surface area (Å²) >= 11 is 0. The Kier molecular flexibility index (Phi) is 3.22. The predicted octanol–water partition coefficient (Wildman–Crippen LogP) is 2.78. The van der Waals surface area contributed by atoms with Crippen LogP contribution < -0.4 is 4.74 Å².